The van der Waals surface area contributed by atoms with Crippen molar-refractivity contribution in [3.05, 3.63) is 48.9 Å². The number of hydrogen-bond acceptors (Lipinski definition) is 3. The number of carbonyl (C=O) groups is 1. The van der Waals surface area contributed by atoms with E-state index in [1.54, 1.807) is 29.7 Å². The summed E-state index contributed by atoms with van der Waals surface area (Å²) >= 11 is 9.70. The van der Waals surface area contributed by atoms with Gasteiger partial charge in [-0.25, -0.2) is 4.98 Å². The molecule has 1 heterocycles. The molecule has 0 saturated heterocycles. The molecule has 3 nitrogen and oxygen atoms in total. The lowest BCUT2D eigenvalue weighted by Gasteiger charge is -2.05. The molecular weight excluding hydrogens is 383 g/mol. The molecule has 1 aromatic carbocycles. The lowest BCUT2D eigenvalue weighted by atomic mass is 10.2. The second-order valence-electron chi connectivity index (χ2n) is 3.56. The van der Waals surface area contributed by atoms with Gasteiger partial charge in [0, 0.05) is 33.7 Å². The SMILES string of the molecule is O=C(NCCc1nccs1)c1ccc(I)c(Cl)c1. The molecule has 0 aliphatic rings. The fraction of sp³-hybridized carbons (Fsp3) is 0.167. The van der Waals surface area contributed by atoms with Crippen LogP contribution in [0.5, 0.6) is 0 Å². The first-order valence-electron chi connectivity index (χ1n) is 5.28. The third-order valence-electron chi connectivity index (χ3n) is 2.29. The normalized spacial score (nSPS) is 10.3. The highest BCUT2D eigenvalue weighted by Crippen LogP contribution is 2.19. The minimum absolute atomic E-state index is 0.107. The van der Waals surface area contributed by atoms with Gasteiger partial charge in [-0.1, -0.05) is 11.6 Å². The molecule has 1 amide bonds. The molecule has 0 aliphatic heterocycles. The Labute approximate surface area is 128 Å². The van der Waals surface area contributed by atoms with E-state index in [-0.39, 0.29) is 5.91 Å². The van der Waals surface area contributed by atoms with E-state index in [1.807, 2.05) is 11.4 Å². The van der Waals surface area contributed by atoms with E-state index in [4.69, 9.17) is 11.6 Å². The van der Waals surface area contributed by atoms with Crippen molar-refractivity contribution in [1.29, 1.82) is 0 Å². The van der Waals surface area contributed by atoms with Gasteiger partial charge in [-0.3, -0.25) is 4.79 Å². The van der Waals surface area contributed by atoms with Crippen molar-refractivity contribution in [2.45, 2.75) is 6.42 Å². The number of hydrogen-bond donors (Lipinski definition) is 1. The molecule has 0 radical (unpaired) electrons. The standard InChI is InChI=1S/C12H10ClIN2OS/c13-9-7-8(1-2-10(9)14)12(17)16-4-3-11-15-5-6-18-11/h1-2,5-7H,3-4H2,(H,16,17). The molecule has 94 valence electrons. The van der Waals surface area contributed by atoms with Gasteiger partial charge in [-0.15, -0.1) is 11.3 Å². The van der Waals surface area contributed by atoms with E-state index in [0.29, 0.717) is 17.1 Å². The first-order valence-corrected chi connectivity index (χ1v) is 7.62. The zero-order valence-electron chi connectivity index (χ0n) is 9.32. The maximum Gasteiger partial charge on any atom is 0.251 e. The van der Waals surface area contributed by atoms with E-state index in [2.05, 4.69) is 32.9 Å². The zero-order valence-corrected chi connectivity index (χ0v) is 13.1. The van der Waals surface area contributed by atoms with Crippen LogP contribution < -0.4 is 5.32 Å². The Bertz CT molecular complexity index is 545. The molecule has 1 aromatic heterocycles. The molecular formula is C12H10ClIN2OS. The lowest BCUT2D eigenvalue weighted by Crippen LogP contribution is -2.25. The van der Waals surface area contributed by atoms with E-state index in [0.717, 1.165) is 15.0 Å². The van der Waals surface area contributed by atoms with E-state index >= 15 is 0 Å². The molecule has 2 aromatic rings. The van der Waals surface area contributed by atoms with Gasteiger partial charge in [-0.2, -0.15) is 0 Å². The molecule has 0 saturated carbocycles. The Kier molecular flexibility index (Phi) is 4.96. The maximum absolute atomic E-state index is 11.8. The van der Waals surface area contributed by atoms with Crippen LogP contribution in [-0.2, 0) is 6.42 Å². The van der Waals surface area contributed by atoms with Gasteiger partial charge in [0.2, 0.25) is 0 Å². The molecule has 18 heavy (non-hydrogen) atoms. The van der Waals surface area contributed by atoms with Gasteiger partial charge in [0.1, 0.15) is 0 Å². The van der Waals surface area contributed by atoms with Crippen molar-refractivity contribution in [1.82, 2.24) is 10.3 Å². The Morgan fingerprint density at radius 1 is 1.50 bits per heavy atom. The molecule has 0 fully saturated rings. The van der Waals surface area contributed by atoms with Gasteiger partial charge < -0.3 is 5.32 Å². The van der Waals surface area contributed by atoms with Crippen molar-refractivity contribution in [3.63, 3.8) is 0 Å². The number of carbonyl (C=O) groups excluding carboxylic acids is 1. The second kappa shape index (κ2) is 6.49. The summed E-state index contributed by atoms with van der Waals surface area (Å²) in [6.45, 7) is 0.579. The summed E-state index contributed by atoms with van der Waals surface area (Å²) in [4.78, 5) is 16.0. The third-order valence-corrected chi connectivity index (χ3v) is 4.70. The summed E-state index contributed by atoms with van der Waals surface area (Å²) in [5, 5.41) is 6.40. The summed E-state index contributed by atoms with van der Waals surface area (Å²) in [5.74, 6) is -0.107. The quantitative estimate of drug-likeness (QED) is 0.811. The highest BCUT2D eigenvalue weighted by Gasteiger charge is 2.07. The summed E-state index contributed by atoms with van der Waals surface area (Å²) < 4.78 is 0.939. The topological polar surface area (TPSA) is 42.0 Å². The Hall–Kier alpha value is -0.660. The summed E-state index contributed by atoms with van der Waals surface area (Å²) in [6, 6.07) is 5.28. The highest BCUT2D eigenvalue weighted by molar-refractivity contribution is 14.1. The molecule has 2 rings (SSSR count). The van der Waals surface area contributed by atoms with Crippen molar-refractivity contribution >= 4 is 51.4 Å². The smallest absolute Gasteiger partial charge is 0.251 e. The Balaban J connectivity index is 1.89. The van der Waals surface area contributed by atoms with Crippen molar-refractivity contribution < 1.29 is 4.79 Å². The second-order valence-corrected chi connectivity index (χ2v) is 6.11. The molecule has 0 atom stereocenters. The fourth-order valence-electron chi connectivity index (χ4n) is 1.40. The van der Waals surface area contributed by atoms with E-state index < -0.39 is 0 Å². The van der Waals surface area contributed by atoms with Crippen LogP contribution in [0.4, 0.5) is 0 Å². The zero-order chi connectivity index (χ0) is 13.0. The van der Waals surface area contributed by atoms with Crippen LogP contribution in [0.15, 0.2) is 29.8 Å². The number of benzene rings is 1. The number of nitrogens with zero attached hydrogens (tertiary/aromatic N) is 1. The van der Waals surface area contributed by atoms with Gasteiger partial charge in [0.05, 0.1) is 10.0 Å². The van der Waals surface area contributed by atoms with Crippen molar-refractivity contribution in [2.24, 2.45) is 0 Å². The van der Waals surface area contributed by atoms with Crippen molar-refractivity contribution in [3.8, 4) is 0 Å². The molecule has 0 aliphatic carbocycles. The molecule has 0 spiro atoms. The predicted molar refractivity (Wildman–Crippen MR) is 82.3 cm³/mol. The number of amides is 1. The Morgan fingerprint density at radius 3 is 3.00 bits per heavy atom. The molecule has 0 unspecified atom stereocenters. The number of halogens is 2. The summed E-state index contributed by atoms with van der Waals surface area (Å²) in [5.41, 5.74) is 0.583. The van der Waals surface area contributed by atoms with E-state index in [9.17, 15) is 4.79 Å². The van der Waals surface area contributed by atoms with Crippen LogP contribution in [0.1, 0.15) is 15.4 Å². The average Bonchev–Trinajstić information content (AvgIpc) is 2.85. The maximum atomic E-state index is 11.8. The van der Waals surface area contributed by atoms with Gasteiger partial charge in [-0.05, 0) is 40.8 Å². The minimum atomic E-state index is -0.107. The van der Waals surface area contributed by atoms with Crippen molar-refractivity contribution in [2.75, 3.05) is 6.54 Å². The van der Waals surface area contributed by atoms with Gasteiger partial charge in [0.15, 0.2) is 0 Å². The van der Waals surface area contributed by atoms with Crippen LogP contribution in [-0.4, -0.2) is 17.4 Å². The first kappa shape index (κ1) is 13.8. The van der Waals surface area contributed by atoms with Gasteiger partial charge in [0.25, 0.3) is 5.91 Å². The monoisotopic (exact) mass is 392 g/mol. The van der Waals surface area contributed by atoms with E-state index in [1.165, 1.54) is 0 Å². The molecule has 1 N–H and O–H groups in total. The van der Waals surface area contributed by atoms with Crippen LogP contribution >= 0.6 is 45.5 Å². The van der Waals surface area contributed by atoms with Crippen LogP contribution in [0.2, 0.25) is 5.02 Å². The van der Waals surface area contributed by atoms with Crippen LogP contribution in [0, 0.1) is 3.57 Å². The average molecular weight is 393 g/mol. The predicted octanol–water partition coefficient (Wildman–Crippen LogP) is 3.37. The lowest BCUT2D eigenvalue weighted by molar-refractivity contribution is 0.0954. The summed E-state index contributed by atoms with van der Waals surface area (Å²) in [7, 11) is 0. The molecule has 0 bridgehead atoms. The first-order chi connectivity index (χ1) is 8.66. The number of thiazole rings is 1. The Morgan fingerprint density at radius 2 is 2.33 bits per heavy atom. The largest absolute Gasteiger partial charge is 0.352 e. The minimum Gasteiger partial charge on any atom is -0.352 e. The summed E-state index contributed by atoms with van der Waals surface area (Å²) in [6.07, 6.45) is 2.52. The number of aromatic nitrogens is 1. The molecule has 6 heteroatoms. The number of rotatable bonds is 4. The van der Waals surface area contributed by atoms with Crippen LogP contribution in [0.3, 0.4) is 0 Å². The highest BCUT2D eigenvalue weighted by atomic mass is 127. The van der Waals surface area contributed by atoms with Gasteiger partial charge >= 0.3 is 0 Å². The van der Waals surface area contributed by atoms with Crippen LogP contribution in [0.25, 0.3) is 0 Å². The third kappa shape index (κ3) is 3.66. The number of nitrogens with one attached hydrogen (secondary N) is 1. The fourth-order valence-corrected chi connectivity index (χ4v) is 2.54.